The zero-order valence-corrected chi connectivity index (χ0v) is 16.1. The van der Waals surface area contributed by atoms with Gasteiger partial charge in [0.15, 0.2) is 11.0 Å². The van der Waals surface area contributed by atoms with Gasteiger partial charge in [-0.25, -0.2) is 4.98 Å². The number of aromatic nitrogens is 3. The third kappa shape index (κ3) is 3.99. The lowest BCUT2D eigenvalue weighted by molar-refractivity contribution is -0.115. The maximum Gasteiger partial charge on any atom is 0.238 e. The topological polar surface area (TPSA) is 73.0 Å². The summed E-state index contributed by atoms with van der Waals surface area (Å²) >= 11 is 1.41. The highest BCUT2D eigenvalue weighted by atomic mass is 32.2. The van der Waals surface area contributed by atoms with Gasteiger partial charge in [0.2, 0.25) is 5.91 Å². The minimum atomic E-state index is -0.334. The van der Waals surface area contributed by atoms with Gasteiger partial charge < -0.3 is 9.84 Å². The Hall–Kier alpha value is -2.54. The number of imidazole rings is 1. The molecule has 0 spiro atoms. The largest absolute Gasteiger partial charge is 0.360 e. The summed E-state index contributed by atoms with van der Waals surface area (Å²) in [5, 5.41) is 7.00. The number of nitrogens with one attached hydrogen (secondary N) is 1. The predicted octanol–water partition coefficient (Wildman–Crippen LogP) is 4.41. The number of hydrogen-bond donors (Lipinski definition) is 1. The first-order valence-corrected chi connectivity index (χ1v) is 9.37. The monoisotopic (exact) mass is 370 g/mol. The smallest absolute Gasteiger partial charge is 0.238 e. The number of amides is 1. The van der Waals surface area contributed by atoms with Crippen molar-refractivity contribution in [2.24, 2.45) is 0 Å². The lowest BCUT2D eigenvalue weighted by Crippen LogP contribution is -2.23. The van der Waals surface area contributed by atoms with E-state index in [1.54, 1.807) is 19.2 Å². The quantitative estimate of drug-likeness (QED) is 0.651. The van der Waals surface area contributed by atoms with E-state index in [9.17, 15) is 4.79 Å². The second kappa shape index (κ2) is 7.78. The fourth-order valence-electron chi connectivity index (χ4n) is 2.62. The van der Waals surface area contributed by atoms with E-state index in [4.69, 9.17) is 4.52 Å². The normalized spacial score (nSPS) is 12.3. The molecule has 1 atom stereocenters. The van der Waals surface area contributed by atoms with Gasteiger partial charge in [0.25, 0.3) is 0 Å². The van der Waals surface area contributed by atoms with Crippen LogP contribution in [0.25, 0.3) is 5.69 Å². The van der Waals surface area contributed by atoms with Crippen molar-refractivity contribution in [1.82, 2.24) is 14.7 Å². The first-order valence-electron chi connectivity index (χ1n) is 8.49. The molecule has 1 N–H and O–H groups in total. The number of carbonyl (C=O) groups is 1. The summed E-state index contributed by atoms with van der Waals surface area (Å²) in [6.07, 6.45) is 3.68. The Morgan fingerprint density at radius 1 is 1.27 bits per heavy atom. The van der Waals surface area contributed by atoms with Crippen molar-refractivity contribution in [2.45, 2.75) is 44.0 Å². The summed E-state index contributed by atoms with van der Waals surface area (Å²) in [7, 11) is 0. The molecule has 0 saturated heterocycles. The van der Waals surface area contributed by atoms with Gasteiger partial charge in [0.1, 0.15) is 5.76 Å². The van der Waals surface area contributed by atoms with E-state index in [0.717, 1.165) is 10.8 Å². The first-order chi connectivity index (χ1) is 12.5. The van der Waals surface area contributed by atoms with Crippen LogP contribution in [0.2, 0.25) is 0 Å². The van der Waals surface area contributed by atoms with Crippen LogP contribution in [0, 0.1) is 6.92 Å². The van der Waals surface area contributed by atoms with Crippen molar-refractivity contribution in [2.75, 3.05) is 5.32 Å². The fourth-order valence-corrected chi connectivity index (χ4v) is 3.50. The van der Waals surface area contributed by atoms with Gasteiger partial charge in [-0.05, 0) is 31.4 Å². The Balaban J connectivity index is 1.78. The van der Waals surface area contributed by atoms with Crippen LogP contribution in [0.15, 0.2) is 52.4 Å². The van der Waals surface area contributed by atoms with E-state index in [0.29, 0.717) is 17.5 Å². The van der Waals surface area contributed by atoms with Crippen LogP contribution in [0.3, 0.4) is 0 Å². The van der Waals surface area contributed by atoms with Gasteiger partial charge in [0.05, 0.1) is 10.9 Å². The number of rotatable bonds is 6. The molecule has 0 radical (unpaired) electrons. The Morgan fingerprint density at radius 3 is 2.73 bits per heavy atom. The Bertz CT molecular complexity index is 900. The number of thioether (sulfide) groups is 1. The molecule has 7 heteroatoms. The van der Waals surface area contributed by atoms with E-state index in [1.807, 2.05) is 29.8 Å². The van der Waals surface area contributed by atoms with Crippen LogP contribution in [-0.2, 0) is 4.79 Å². The molecule has 0 bridgehead atoms. The van der Waals surface area contributed by atoms with Gasteiger partial charge in [-0.3, -0.25) is 9.36 Å². The molecule has 0 saturated carbocycles. The highest BCUT2D eigenvalue weighted by molar-refractivity contribution is 8.00. The molecule has 1 aromatic carbocycles. The Morgan fingerprint density at radius 2 is 2.04 bits per heavy atom. The summed E-state index contributed by atoms with van der Waals surface area (Å²) < 4.78 is 7.01. The average molecular weight is 370 g/mol. The van der Waals surface area contributed by atoms with Crippen molar-refractivity contribution >= 4 is 23.5 Å². The van der Waals surface area contributed by atoms with E-state index < -0.39 is 0 Å². The summed E-state index contributed by atoms with van der Waals surface area (Å²) in [6.45, 7) is 7.96. The minimum absolute atomic E-state index is 0.144. The molecule has 0 aliphatic heterocycles. The van der Waals surface area contributed by atoms with Crippen LogP contribution in [0.4, 0.5) is 5.82 Å². The number of nitrogens with zero attached hydrogens (tertiary/aromatic N) is 3. The van der Waals surface area contributed by atoms with Crippen LogP contribution in [0.1, 0.15) is 38.0 Å². The third-order valence-electron chi connectivity index (χ3n) is 3.96. The number of aryl methyl sites for hydroxylation is 1. The molecule has 3 rings (SSSR count). The lowest BCUT2D eigenvalue weighted by Gasteiger charge is -2.16. The highest BCUT2D eigenvalue weighted by Gasteiger charge is 2.20. The zero-order valence-electron chi connectivity index (χ0n) is 15.3. The van der Waals surface area contributed by atoms with Crippen LogP contribution in [0.5, 0.6) is 0 Å². The summed E-state index contributed by atoms with van der Waals surface area (Å²) in [4.78, 5) is 16.9. The number of para-hydroxylation sites is 1. The van der Waals surface area contributed by atoms with Gasteiger partial charge in [-0.1, -0.05) is 49.0 Å². The van der Waals surface area contributed by atoms with Crippen molar-refractivity contribution in [3.63, 3.8) is 0 Å². The molecular formula is C19H22N4O2S. The van der Waals surface area contributed by atoms with Gasteiger partial charge in [0, 0.05) is 18.5 Å². The Kier molecular flexibility index (Phi) is 5.46. The van der Waals surface area contributed by atoms with Crippen molar-refractivity contribution in [1.29, 1.82) is 0 Å². The van der Waals surface area contributed by atoms with E-state index in [2.05, 4.69) is 41.4 Å². The minimum Gasteiger partial charge on any atom is -0.360 e. The molecule has 0 fully saturated rings. The zero-order chi connectivity index (χ0) is 18.7. The summed E-state index contributed by atoms with van der Waals surface area (Å²) in [6, 6.07) is 9.94. The number of benzene rings is 1. The van der Waals surface area contributed by atoms with Crippen LogP contribution >= 0.6 is 11.8 Å². The van der Waals surface area contributed by atoms with Gasteiger partial charge >= 0.3 is 0 Å². The molecule has 0 aliphatic rings. The predicted molar refractivity (Wildman–Crippen MR) is 103 cm³/mol. The molecular weight excluding hydrogens is 348 g/mol. The number of anilines is 1. The molecule has 6 nitrogen and oxygen atoms in total. The number of carbonyl (C=O) groups excluding carboxylic acids is 1. The van der Waals surface area contributed by atoms with Crippen LogP contribution in [-0.4, -0.2) is 25.9 Å². The van der Waals surface area contributed by atoms with Gasteiger partial charge in [-0.15, -0.1) is 0 Å². The third-order valence-corrected chi connectivity index (χ3v) is 5.04. The molecule has 26 heavy (non-hydrogen) atoms. The van der Waals surface area contributed by atoms with Crippen molar-refractivity contribution in [3.8, 4) is 5.69 Å². The molecule has 0 aliphatic carbocycles. The summed E-state index contributed by atoms with van der Waals surface area (Å²) in [5.41, 5.74) is 2.32. The molecule has 136 valence electrons. The van der Waals surface area contributed by atoms with Crippen molar-refractivity contribution in [3.05, 3.63) is 54.0 Å². The SMILES string of the molecule is Cc1cc(NC(=O)C(C)Sc2nccn2-c2ccccc2C(C)C)no1. The molecule has 1 amide bonds. The molecule has 1 unspecified atom stereocenters. The second-order valence-corrected chi connectivity index (χ2v) is 7.67. The Labute approximate surface area is 157 Å². The summed E-state index contributed by atoms with van der Waals surface area (Å²) in [5.74, 6) is 1.33. The van der Waals surface area contributed by atoms with Gasteiger partial charge in [-0.2, -0.15) is 0 Å². The number of hydrogen-bond acceptors (Lipinski definition) is 5. The van der Waals surface area contributed by atoms with Crippen molar-refractivity contribution < 1.29 is 9.32 Å². The fraction of sp³-hybridized carbons (Fsp3) is 0.316. The maximum atomic E-state index is 12.4. The first kappa shape index (κ1) is 18.3. The second-order valence-electron chi connectivity index (χ2n) is 6.37. The van der Waals surface area contributed by atoms with Crippen LogP contribution < -0.4 is 5.32 Å². The highest BCUT2D eigenvalue weighted by Crippen LogP contribution is 2.29. The molecule has 3 aromatic rings. The van der Waals surface area contributed by atoms with E-state index in [1.165, 1.54) is 17.3 Å². The maximum absolute atomic E-state index is 12.4. The lowest BCUT2D eigenvalue weighted by atomic mass is 10.0. The average Bonchev–Trinajstić information content (AvgIpc) is 3.23. The standard InChI is InChI=1S/C19H22N4O2S/c1-12(2)15-7-5-6-8-16(15)23-10-9-20-19(23)26-14(4)18(24)21-17-11-13(3)25-22-17/h5-12,14H,1-4H3,(H,21,22,24). The molecule has 2 aromatic heterocycles. The van der Waals surface area contributed by atoms with E-state index in [-0.39, 0.29) is 11.2 Å². The molecule has 2 heterocycles. The van der Waals surface area contributed by atoms with E-state index >= 15 is 0 Å².